The van der Waals surface area contributed by atoms with E-state index in [4.69, 9.17) is 0 Å². The second-order valence-corrected chi connectivity index (χ2v) is 9.87. The van der Waals surface area contributed by atoms with E-state index in [1.54, 1.807) is 34.9 Å². The third kappa shape index (κ3) is 3.53. The summed E-state index contributed by atoms with van der Waals surface area (Å²) in [5.41, 5.74) is 1.16. The first-order valence-corrected chi connectivity index (χ1v) is 11.7. The summed E-state index contributed by atoms with van der Waals surface area (Å²) in [5, 5.41) is 12.2. The number of carbonyl (C=O) groups is 1. The van der Waals surface area contributed by atoms with Crippen LogP contribution < -0.4 is 4.90 Å². The quantitative estimate of drug-likeness (QED) is 0.579. The van der Waals surface area contributed by atoms with Gasteiger partial charge in [-0.25, -0.2) is 8.42 Å². The number of anilines is 1. The molecule has 2 aliphatic rings. The molecular formula is C20H23N7O3S. The van der Waals surface area contributed by atoms with Gasteiger partial charge in [0.1, 0.15) is 12.1 Å². The molecule has 31 heavy (non-hydrogen) atoms. The van der Waals surface area contributed by atoms with Crippen molar-refractivity contribution in [2.24, 2.45) is 0 Å². The first-order chi connectivity index (χ1) is 14.9. The number of hydrogen-bond acceptors (Lipinski definition) is 7. The summed E-state index contributed by atoms with van der Waals surface area (Å²) in [6.07, 6.45) is 3.34. The Kier molecular flexibility index (Phi) is 4.86. The molecule has 1 amide bonds. The average Bonchev–Trinajstić information content (AvgIpc) is 3.44. The van der Waals surface area contributed by atoms with Crippen LogP contribution in [0.1, 0.15) is 23.2 Å². The Labute approximate surface area is 180 Å². The summed E-state index contributed by atoms with van der Waals surface area (Å²) in [5.74, 6) is 0.679. The van der Waals surface area contributed by atoms with E-state index in [2.05, 4.69) is 20.2 Å². The Morgan fingerprint density at radius 2 is 1.77 bits per heavy atom. The van der Waals surface area contributed by atoms with Crippen LogP contribution in [-0.2, 0) is 10.0 Å². The number of rotatable bonds is 5. The molecule has 2 aliphatic heterocycles. The smallest absolute Gasteiger partial charge is 0.253 e. The van der Waals surface area contributed by atoms with Crippen molar-refractivity contribution in [3.8, 4) is 0 Å². The van der Waals surface area contributed by atoms with E-state index in [9.17, 15) is 13.2 Å². The molecular weight excluding hydrogens is 418 g/mol. The lowest BCUT2D eigenvalue weighted by Gasteiger charge is -2.44. The highest BCUT2D eigenvalue weighted by Gasteiger charge is 2.34. The molecule has 3 aromatic rings. The monoisotopic (exact) mass is 441 g/mol. The van der Waals surface area contributed by atoms with Gasteiger partial charge in [-0.2, -0.15) is 8.82 Å². The molecule has 0 atom stereocenters. The van der Waals surface area contributed by atoms with Crippen LogP contribution in [0.3, 0.4) is 0 Å². The number of likely N-dealkylation sites (N-methyl/N-ethyl adjacent to an activating group) is 1. The maximum Gasteiger partial charge on any atom is 0.253 e. The number of aromatic nitrogens is 4. The molecule has 2 fully saturated rings. The van der Waals surface area contributed by atoms with Crippen molar-refractivity contribution < 1.29 is 13.2 Å². The lowest BCUT2D eigenvalue weighted by atomic mass is 10.1. The summed E-state index contributed by atoms with van der Waals surface area (Å²) in [6.45, 7) is 2.46. The van der Waals surface area contributed by atoms with Crippen molar-refractivity contribution >= 4 is 27.4 Å². The van der Waals surface area contributed by atoms with Gasteiger partial charge >= 0.3 is 0 Å². The normalized spacial score (nSPS) is 17.8. The van der Waals surface area contributed by atoms with Crippen LogP contribution in [0.15, 0.2) is 47.6 Å². The highest BCUT2D eigenvalue weighted by molar-refractivity contribution is 7.89. The number of benzene rings is 1. The molecule has 1 aromatic carbocycles. The predicted molar refractivity (Wildman–Crippen MR) is 113 cm³/mol. The third-order valence-electron chi connectivity index (χ3n) is 6.01. The molecule has 162 valence electrons. The number of sulfonamides is 1. The van der Waals surface area contributed by atoms with Crippen molar-refractivity contribution in [2.75, 3.05) is 38.1 Å². The Morgan fingerprint density at radius 1 is 1.06 bits per heavy atom. The van der Waals surface area contributed by atoms with Gasteiger partial charge in [0.15, 0.2) is 5.65 Å². The van der Waals surface area contributed by atoms with Crippen LogP contribution in [0.25, 0.3) is 5.65 Å². The summed E-state index contributed by atoms with van der Waals surface area (Å²) >= 11 is 0. The zero-order chi connectivity index (χ0) is 21.6. The highest BCUT2D eigenvalue weighted by Crippen LogP contribution is 2.24. The van der Waals surface area contributed by atoms with Crippen LogP contribution >= 0.6 is 0 Å². The molecule has 2 aromatic heterocycles. The van der Waals surface area contributed by atoms with E-state index in [0.29, 0.717) is 37.4 Å². The topological polar surface area (TPSA) is 104 Å². The molecule has 0 N–H and O–H groups in total. The number of carbonyl (C=O) groups excluding carboxylic acids is 1. The molecule has 0 bridgehead atoms. The number of nitrogens with zero attached hydrogens (tertiary/aromatic N) is 7. The van der Waals surface area contributed by atoms with Gasteiger partial charge in [0.2, 0.25) is 10.0 Å². The predicted octanol–water partition coefficient (Wildman–Crippen LogP) is 0.870. The third-order valence-corrected chi connectivity index (χ3v) is 7.92. The molecule has 0 spiro atoms. The Bertz CT molecular complexity index is 1210. The van der Waals surface area contributed by atoms with Gasteiger partial charge < -0.3 is 9.80 Å². The first-order valence-electron chi connectivity index (χ1n) is 10.2. The molecule has 0 saturated carbocycles. The maximum atomic E-state index is 12.9. The SMILES string of the molecule is CN(C(=O)c1ccc(S(=O)(=O)N2CCCC2)cc1)C1CN(c2ccc3nncn3n2)C1. The average molecular weight is 442 g/mol. The van der Waals surface area contributed by atoms with E-state index in [0.717, 1.165) is 18.7 Å². The van der Waals surface area contributed by atoms with Gasteiger partial charge in [-0.3, -0.25) is 4.79 Å². The van der Waals surface area contributed by atoms with Gasteiger partial charge in [0.05, 0.1) is 10.9 Å². The van der Waals surface area contributed by atoms with E-state index >= 15 is 0 Å². The maximum absolute atomic E-state index is 12.9. The van der Waals surface area contributed by atoms with Crippen LogP contribution in [0.2, 0.25) is 0 Å². The van der Waals surface area contributed by atoms with Gasteiger partial charge in [-0.1, -0.05) is 0 Å². The molecule has 4 heterocycles. The molecule has 11 heteroatoms. The molecule has 0 unspecified atom stereocenters. The van der Waals surface area contributed by atoms with Crippen molar-refractivity contribution in [1.29, 1.82) is 0 Å². The van der Waals surface area contributed by atoms with Crippen molar-refractivity contribution in [2.45, 2.75) is 23.8 Å². The summed E-state index contributed by atoms with van der Waals surface area (Å²) in [4.78, 5) is 16.9. The van der Waals surface area contributed by atoms with Gasteiger partial charge in [0.25, 0.3) is 5.91 Å². The lowest BCUT2D eigenvalue weighted by molar-refractivity contribution is 0.0705. The minimum Gasteiger partial charge on any atom is -0.351 e. The fourth-order valence-electron chi connectivity index (χ4n) is 3.99. The zero-order valence-corrected chi connectivity index (χ0v) is 17.9. The van der Waals surface area contributed by atoms with E-state index in [1.165, 1.54) is 16.4 Å². The fourth-order valence-corrected chi connectivity index (χ4v) is 5.51. The summed E-state index contributed by atoms with van der Waals surface area (Å²) in [6, 6.07) is 10.1. The molecule has 2 saturated heterocycles. The molecule has 0 aliphatic carbocycles. The largest absolute Gasteiger partial charge is 0.351 e. The minimum absolute atomic E-state index is 0.0546. The van der Waals surface area contributed by atoms with Gasteiger partial charge in [-0.15, -0.1) is 15.3 Å². The van der Waals surface area contributed by atoms with Crippen LogP contribution in [0.4, 0.5) is 5.82 Å². The zero-order valence-electron chi connectivity index (χ0n) is 17.1. The highest BCUT2D eigenvalue weighted by atomic mass is 32.2. The van der Waals surface area contributed by atoms with Crippen molar-refractivity contribution in [1.82, 2.24) is 29.0 Å². The van der Waals surface area contributed by atoms with Crippen LogP contribution in [-0.4, -0.2) is 82.6 Å². The Hall–Kier alpha value is -3.05. The van der Waals surface area contributed by atoms with Gasteiger partial charge in [-0.05, 0) is 49.2 Å². The number of hydrogen-bond donors (Lipinski definition) is 0. The van der Waals surface area contributed by atoms with Crippen LogP contribution in [0, 0.1) is 0 Å². The molecule has 0 radical (unpaired) electrons. The second-order valence-electron chi connectivity index (χ2n) is 7.94. The summed E-state index contributed by atoms with van der Waals surface area (Å²) in [7, 11) is -1.70. The van der Waals surface area contributed by atoms with E-state index < -0.39 is 10.0 Å². The summed E-state index contributed by atoms with van der Waals surface area (Å²) < 4.78 is 28.4. The second kappa shape index (κ2) is 7.57. The Balaban J connectivity index is 1.23. The fraction of sp³-hybridized carbons (Fsp3) is 0.400. The van der Waals surface area contributed by atoms with Crippen molar-refractivity contribution in [3.63, 3.8) is 0 Å². The van der Waals surface area contributed by atoms with Crippen molar-refractivity contribution in [3.05, 3.63) is 48.3 Å². The van der Waals surface area contributed by atoms with E-state index in [1.807, 2.05) is 12.1 Å². The molecule has 5 rings (SSSR count). The number of amides is 1. The molecule has 10 nitrogen and oxygen atoms in total. The first kappa shape index (κ1) is 19.9. The van der Waals surface area contributed by atoms with Crippen LogP contribution in [0.5, 0.6) is 0 Å². The van der Waals surface area contributed by atoms with E-state index in [-0.39, 0.29) is 16.8 Å². The minimum atomic E-state index is -3.48. The Morgan fingerprint density at radius 3 is 2.48 bits per heavy atom. The standard InChI is InChI=1S/C20H23N7O3S/c1-24(16-12-25(13-16)19-9-8-18-22-21-14-27(18)23-19)20(28)15-4-6-17(7-5-15)31(29,30)26-10-2-3-11-26/h4-9,14,16H,2-3,10-13H2,1H3. The van der Waals surface area contributed by atoms with Gasteiger partial charge in [0, 0.05) is 38.8 Å². The number of fused-ring (bicyclic) bond motifs is 1. The lowest BCUT2D eigenvalue weighted by Crippen LogP contribution is -2.60.